The number of carbonyl (C=O) groups excluding carboxylic acids is 1. The molecule has 2 N–H and O–H groups in total. The van der Waals surface area contributed by atoms with Crippen molar-refractivity contribution < 1.29 is 23.4 Å². The van der Waals surface area contributed by atoms with Crippen molar-refractivity contribution in [3.05, 3.63) is 30.3 Å². The van der Waals surface area contributed by atoms with E-state index in [1.54, 1.807) is 0 Å². The minimum Gasteiger partial charge on any atom is -0.486 e. The lowest BCUT2D eigenvalue weighted by Gasteiger charge is -2.31. The van der Waals surface area contributed by atoms with Crippen LogP contribution in [0.2, 0.25) is 0 Å². The molecule has 2 aromatic rings. The maximum atomic E-state index is 13.0. The molecule has 4 rings (SSSR count). The number of piperidine rings is 1. The Kier molecular flexibility index (Phi) is 5.78. The van der Waals surface area contributed by atoms with Crippen LogP contribution in [-0.2, 0) is 4.74 Å². The van der Waals surface area contributed by atoms with Gasteiger partial charge in [-0.05, 0) is 44.0 Å². The van der Waals surface area contributed by atoms with E-state index in [0.717, 1.165) is 24.8 Å². The first-order valence-corrected chi connectivity index (χ1v) is 9.70. The SMILES string of the molecule is NCCCOC1CCN(C(=O)c2ncoc2-c2ccc3c(c2)OCCO3)CC1. The molecular formula is C20H25N3O5. The van der Waals surface area contributed by atoms with Gasteiger partial charge >= 0.3 is 0 Å². The highest BCUT2D eigenvalue weighted by Gasteiger charge is 2.28. The molecule has 28 heavy (non-hydrogen) atoms. The van der Waals surface area contributed by atoms with Crippen LogP contribution < -0.4 is 15.2 Å². The Balaban J connectivity index is 1.44. The van der Waals surface area contributed by atoms with Gasteiger partial charge in [-0.1, -0.05) is 0 Å². The van der Waals surface area contributed by atoms with Crippen LogP contribution >= 0.6 is 0 Å². The molecule has 2 aliphatic rings. The maximum absolute atomic E-state index is 13.0. The average Bonchev–Trinajstić information content (AvgIpc) is 3.23. The minimum absolute atomic E-state index is 0.126. The molecule has 0 aliphatic carbocycles. The summed E-state index contributed by atoms with van der Waals surface area (Å²) in [6.07, 6.45) is 3.98. The molecular weight excluding hydrogens is 362 g/mol. The van der Waals surface area contributed by atoms with Gasteiger partial charge in [0, 0.05) is 25.3 Å². The Morgan fingerprint density at radius 3 is 2.79 bits per heavy atom. The van der Waals surface area contributed by atoms with Gasteiger partial charge in [-0.25, -0.2) is 4.98 Å². The molecule has 1 saturated heterocycles. The van der Waals surface area contributed by atoms with Crippen molar-refractivity contribution >= 4 is 5.91 Å². The van der Waals surface area contributed by atoms with E-state index in [1.165, 1.54) is 6.39 Å². The molecule has 8 heteroatoms. The van der Waals surface area contributed by atoms with Crippen molar-refractivity contribution in [1.29, 1.82) is 0 Å². The van der Waals surface area contributed by atoms with Crippen molar-refractivity contribution in [2.45, 2.75) is 25.4 Å². The zero-order chi connectivity index (χ0) is 19.3. The third-order valence-electron chi connectivity index (χ3n) is 5.01. The molecule has 1 aromatic carbocycles. The third kappa shape index (κ3) is 3.98. The van der Waals surface area contributed by atoms with Gasteiger partial charge in [0.15, 0.2) is 29.3 Å². The summed E-state index contributed by atoms with van der Waals surface area (Å²) in [6, 6.07) is 5.50. The quantitative estimate of drug-likeness (QED) is 0.758. The Morgan fingerprint density at radius 1 is 1.21 bits per heavy atom. The van der Waals surface area contributed by atoms with Crippen LogP contribution in [0.1, 0.15) is 29.8 Å². The van der Waals surface area contributed by atoms with Crippen molar-refractivity contribution in [2.75, 3.05) is 39.5 Å². The number of nitrogens with two attached hydrogens (primary N) is 1. The van der Waals surface area contributed by atoms with Crippen LogP contribution in [0.3, 0.4) is 0 Å². The van der Waals surface area contributed by atoms with Crippen LogP contribution in [0.15, 0.2) is 29.0 Å². The molecule has 0 unspecified atom stereocenters. The summed E-state index contributed by atoms with van der Waals surface area (Å²) >= 11 is 0. The Bertz CT molecular complexity index is 814. The average molecular weight is 387 g/mol. The normalized spacial score (nSPS) is 17.0. The highest BCUT2D eigenvalue weighted by atomic mass is 16.6. The molecule has 1 amide bonds. The monoisotopic (exact) mass is 387 g/mol. The smallest absolute Gasteiger partial charge is 0.276 e. The van der Waals surface area contributed by atoms with E-state index in [1.807, 2.05) is 23.1 Å². The predicted molar refractivity (Wildman–Crippen MR) is 101 cm³/mol. The fourth-order valence-corrected chi connectivity index (χ4v) is 3.50. The van der Waals surface area contributed by atoms with Gasteiger partial charge in [-0.15, -0.1) is 0 Å². The number of likely N-dealkylation sites (tertiary alicyclic amines) is 1. The van der Waals surface area contributed by atoms with E-state index in [9.17, 15) is 4.79 Å². The van der Waals surface area contributed by atoms with Gasteiger partial charge in [-0.3, -0.25) is 4.79 Å². The first kappa shape index (κ1) is 18.8. The number of benzene rings is 1. The second kappa shape index (κ2) is 8.62. The number of fused-ring (bicyclic) bond motifs is 1. The minimum atomic E-state index is -0.126. The van der Waals surface area contributed by atoms with E-state index in [4.69, 9.17) is 24.4 Å². The van der Waals surface area contributed by atoms with E-state index in [2.05, 4.69) is 4.98 Å². The van der Waals surface area contributed by atoms with E-state index < -0.39 is 0 Å². The Morgan fingerprint density at radius 2 is 2.00 bits per heavy atom. The summed E-state index contributed by atoms with van der Waals surface area (Å²) in [4.78, 5) is 19.0. The highest BCUT2D eigenvalue weighted by Crippen LogP contribution is 2.35. The summed E-state index contributed by atoms with van der Waals surface area (Å²) in [5, 5.41) is 0. The number of oxazole rings is 1. The second-order valence-electron chi connectivity index (χ2n) is 6.89. The predicted octanol–water partition coefficient (Wildman–Crippen LogP) is 2.08. The van der Waals surface area contributed by atoms with Crippen molar-refractivity contribution in [3.8, 4) is 22.8 Å². The van der Waals surface area contributed by atoms with Crippen molar-refractivity contribution in [2.24, 2.45) is 5.73 Å². The summed E-state index contributed by atoms with van der Waals surface area (Å²) in [6.45, 7) is 3.61. The molecule has 0 saturated carbocycles. The number of ether oxygens (including phenoxy) is 3. The standard InChI is InChI=1S/C20H25N3O5/c21-6-1-9-25-15-4-7-23(8-5-15)20(24)18-19(28-13-22-18)14-2-3-16-17(12-14)27-11-10-26-16/h2-3,12-13,15H,1,4-11,21H2. The first-order valence-electron chi connectivity index (χ1n) is 9.70. The summed E-state index contributed by atoms with van der Waals surface area (Å²) in [7, 11) is 0. The number of carbonyl (C=O) groups is 1. The number of amides is 1. The maximum Gasteiger partial charge on any atom is 0.276 e. The summed E-state index contributed by atoms with van der Waals surface area (Å²) in [5.41, 5.74) is 6.56. The van der Waals surface area contributed by atoms with Gasteiger partial charge in [-0.2, -0.15) is 0 Å². The third-order valence-corrected chi connectivity index (χ3v) is 5.01. The fraction of sp³-hybridized carbons (Fsp3) is 0.500. The van der Waals surface area contributed by atoms with E-state index >= 15 is 0 Å². The van der Waals surface area contributed by atoms with Crippen LogP contribution in [0, 0.1) is 0 Å². The second-order valence-corrected chi connectivity index (χ2v) is 6.89. The molecule has 3 heterocycles. The van der Waals surface area contributed by atoms with Crippen LogP contribution in [-0.4, -0.2) is 61.3 Å². The summed E-state index contributed by atoms with van der Waals surface area (Å²) < 4.78 is 22.5. The molecule has 150 valence electrons. The van der Waals surface area contributed by atoms with E-state index in [-0.39, 0.29) is 12.0 Å². The Hall–Kier alpha value is -2.58. The molecule has 8 nitrogen and oxygen atoms in total. The zero-order valence-electron chi connectivity index (χ0n) is 15.8. The topological polar surface area (TPSA) is 100 Å². The van der Waals surface area contributed by atoms with Gasteiger partial charge < -0.3 is 29.3 Å². The van der Waals surface area contributed by atoms with Gasteiger partial charge in [0.2, 0.25) is 0 Å². The fourth-order valence-electron chi connectivity index (χ4n) is 3.50. The Labute approximate surface area is 163 Å². The number of hydrogen-bond donors (Lipinski definition) is 1. The number of hydrogen-bond acceptors (Lipinski definition) is 7. The number of aromatic nitrogens is 1. The van der Waals surface area contributed by atoms with Crippen LogP contribution in [0.25, 0.3) is 11.3 Å². The molecule has 2 aliphatic heterocycles. The molecule has 1 fully saturated rings. The van der Waals surface area contributed by atoms with Crippen LogP contribution in [0.4, 0.5) is 0 Å². The highest BCUT2D eigenvalue weighted by molar-refractivity contribution is 5.97. The largest absolute Gasteiger partial charge is 0.486 e. The van der Waals surface area contributed by atoms with Gasteiger partial charge in [0.05, 0.1) is 6.10 Å². The molecule has 0 bridgehead atoms. The lowest BCUT2D eigenvalue weighted by molar-refractivity contribution is 0.00832. The van der Waals surface area contributed by atoms with Crippen molar-refractivity contribution in [3.63, 3.8) is 0 Å². The number of nitrogens with zero attached hydrogens (tertiary/aromatic N) is 2. The lowest BCUT2D eigenvalue weighted by atomic mass is 10.1. The molecule has 0 spiro atoms. The zero-order valence-corrected chi connectivity index (χ0v) is 15.8. The summed E-state index contributed by atoms with van der Waals surface area (Å²) in [5.74, 6) is 1.66. The molecule has 1 aromatic heterocycles. The number of rotatable bonds is 6. The van der Waals surface area contributed by atoms with Gasteiger partial charge in [0.25, 0.3) is 5.91 Å². The lowest BCUT2D eigenvalue weighted by Crippen LogP contribution is -2.41. The van der Waals surface area contributed by atoms with E-state index in [0.29, 0.717) is 62.4 Å². The van der Waals surface area contributed by atoms with Crippen LogP contribution in [0.5, 0.6) is 11.5 Å². The van der Waals surface area contributed by atoms with Crippen molar-refractivity contribution in [1.82, 2.24) is 9.88 Å². The van der Waals surface area contributed by atoms with Gasteiger partial charge in [0.1, 0.15) is 13.2 Å². The first-order chi connectivity index (χ1) is 13.8. The molecule has 0 radical (unpaired) electrons. The molecule has 0 atom stereocenters.